The van der Waals surface area contributed by atoms with Crippen LogP contribution < -0.4 is 10.1 Å². The summed E-state index contributed by atoms with van der Waals surface area (Å²) in [6.07, 6.45) is 1.72. The fourth-order valence-corrected chi connectivity index (χ4v) is 3.31. The van der Waals surface area contributed by atoms with E-state index in [1.165, 1.54) is 0 Å². The van der Waals surface area contributed by atoms with Gasteiger partial charge in [0.15, 0.2) is 5.82 Å². The zero-order chi connectivity index (χ0) is 19.8. The molecule has 1 amide bonds. The smallest absolute Gasteiger partial charge is 0.226 e. The molecule has 0 saturated carbocycles. The summed E-state index contributed by atoms with van der Waals surface area (Å²) in [5, 5.41) is 6.84. The Morgan fingerprint density at radius 2 is 2.04 bits per heavy atom. The summed E-state index contributed by atoms with van der Waals surface area (Å²) in [7, 11) is 1.66. The molecule has 0 bridgehead atoms. The molecule has 0 spiro atoms. The van der Waals surface area contributed by atoms with Gasteiger partial charge in [-0.05, 0) is 31.0 Å². The molecular weight excluding hydrogens is 360 g/mol. The molecule has 1 saturated heterocycles. The molecule has 2 heterocycles. The lowest BCUT2D eigenvalue weighted by atomic mass is 10.0. The molecule has 3 rings (SSSR count). The van der Waals surface area contributed by atoms with E-state index in [0.29, 0.717) is 50.7 Å². The standard InChI is InChI=1S/C20H28N4O4/c1-15-22-20(28-23-15)5-3-4-19(25)21-14-18(24-10-12-27-13-11-24)16-6-8-17(26-2)9-7-16/h6-9,18H,3-5,10-14H2,1-2H3,(H,21,25). The molecule has 1 aliphatic heterocycles. The van der Waals surface area contributed by atoms with Crippen LogP contribution in [0.25, 0.3) is 0 Å². The molecule has 1 fully saturated rings. The van der Waals surface area contributed by atoms with Crippen LogP contribution in [0.3, 0.4) is 0 Å². The molecule has 152 valence electrons. The van der Waals surface area contributed by atoms with E-state index in [-0.39, 0.29) is 11.9 Å². The van der Waals surface area contributed by atoms with Gasteiger partial charge in [0.1, 0.15) is 5.75 Å². The van der Waals surface area contributed by atoms with Gasteiger partial charge in [-0.2, -0.15) is 4.98 Å². The lowest BCUT2D eigenvalue weighted by molar-refractivity contribution is -0.121. The lowest BCUT2D eigenvalue weighted by Gasteiger charge is -2.35. The number of ether oxygens (including phenoxy) is 2. The second-order valence-corrected chi connectivity index (χ2v) is 6.83. The van der Waals surface area contributed by atoms with E-state index in [1.807, 2.05) is 12.1 Å². The van der Waals surface area contributed by atoms with E-state index >= 15 is 0 Å². The van der Waals surface area contributed by atoms with E-state index in [9.17, 15) is 4.79 Å². The molecule has 28 heavy (non-hydrogen) atoms. The van der Waals surface area contributed by atoms with Crippen molar-refractivity contribution in [3.63, 3.8) is 0 Å². The highest BCUT2D eigenvalue weighted by Gasteiger charge is 2.23. The van der Waals surface area contributed by atoms with Crippen molar-refractivity contribution in [3.05, 3.63) is 41.5 Å². The Balaban J connectivity index is 1.53. The number of nitrogens with zero attached hydrogens (tertiary/aromatic N) is 3. The number of methoxy groups -OCH3 is 1. The first-order chi connectivity index (χ1) is 13.7. The average molecular weight is 388 g/mol. The summed E-state index contributed by atoms with van der Waals surface area (Å²) in [5.41, 5.74) is 1.16. The zero-order valence-corrected chi connectivity index (χ0v) is 16.5. The maximum absolute atomic E-state index is 12.3. The van der Waals surface area contributed by atoms with Gasteiger partial charge >= 0.3 is 0 Å². The fourth-order valence-electron chi connectivity index (χ4n) is 3.31. The second-order valence-electron chi connectivity index (χ2n) is 6.83. The van der Waals surface area contributed by atoms with Gasteiger partial charge in [0, 0.05) is 32.5 Å². The molecule has 8 heteroatoms. The quantitative estimate of drug-likeness (QED) is 0.702. The van der Waals surface area contributed by atoms with Crippen molar-refractivity contribution in [3.8, 4) is 5.75 Å². The van der Waals surface area contributed by atoms with Crippen LogP contribution in [0.15, 0.2) is 28.8 Å². The van der Waals surface area contributed by atoms with E-state index in [0.717, 1.165) is 24.4 Å². The number of rotatable bonds is 9. The van der Waals surface area contributed by atoms with Gasteiger partial charge in [-0.15, -0.1) is 0 Å². The summed E-state index contributed by atoms with van der Waals surface area (Å²) in [5.74, 6) is 2.05. The molecule has 1 unspecified atom stereocenters. The maximum atomic E-state index is 12.3. The number of aromatic nitrogens is 2. The van der Waals surface area contributed by atoms with Crippen LogP contribution in [0.5, 0.6) is 5.75 Å². The first-order valence-electron chi connectivity index (χ1n) is 9.67. The molecule has 0 aliphatic carbocycles. The third-order valence-electron chi connectivity index (χ3n) is 4.84. The van der Waals surface area contributed by atoms with Crippen molar-refractivity contribution in [2.75, 3.05) is 40.0 Å². The van der Waals surface area contributed by atoms with Crippen LogP contribution >= 0.6 is 0 Å². The van der Waals surface area contributed by atoms with Crippen LogP contribution in [-0.2, 0) is 16.0 Å². The largest absolute Gasteiger partial charge is 0.497 e. The first-order valence-corrected chi connectivity index (χ1v) is 9.67. The predicted molar refractivity (Wildman–Crippen MR) is 103 cm³/mol. The lowest BCUT2D eigenvalue weighted by Crippen LogP contribution is -2.43. The summed E-state index contributed by atoms with van der Waals surface area (Å²) in [6, 6.07) is 8.14. The summed E-state index contributed by atoms with van der Waals surface area (Å²) >= 11 is 0. The van der Waals surface area contributed by atoms with Crippen molar-refractivity contribution in [2.24, 2.45) is 0 Å². The van der Waals surface area contributed by atoms with Crippen molar-refractivity contribution >= 4 is 5.91 Å². The monoisotopic (exact) mass is 388 g/mol. The zero-order valence-electron chi connectivity index (χ0n) is 16.5. The van der Waals surface area contributed by atoms with Gasteiger partial charge in [-0.25, -0.2) is 0 Å². The highest BCUT2D eigenvalue weighted by molar-refractivity contribution is 5.75. The molecule has 1 N–H and O–H groups in total. The van der Waals surface area contributed by atoms with Crippen LogP contribution in [-0.4, -0.2) is 60.9 Å². The topological polar surface area (TPSA) is 89.7 Å². The summed E-state index contributed by atoms with van der Waals surface area (Å²) in [4.78, 5) is 18.8. The van der Waals surface area contributed by atoms with Crippen molar-refractivity contribution in [1.29, 1.82) is 0 Å². The number of nitrogens with one attached hydrogen (secondary N) is 1. The van der Waals surface area contributed by atoms with Gasteiger partial charge < -0.3 is 19.3 Å². The Labute approximate surface area is 165 Å². The average Bonchev–Trinajstić information content (AvgIpc) is 3.14. The second kappa shape index (κ2) is 10.2. The number of amides is 1. The summed E-state index contributed by atoms with van der Waals surface area (Å²) < 4.78 is 15.8. The van der Waals surface area contributed by atoms with Crippen molar-refractivity contribution in [2.45, 2.75) is 32.2 Å². The third kappa shape index (κ3) is 5.77. The van der Waals surface area contributed by atoms with Crippen LogP contribution in [0, 0.1) is 6.92 Å². The third-order valence-corrected chi connectivity index (χ3v) is 4.84. The highest BCUT2D eigenvalue weighted by atomic mass is 16.5. The number of carbonyl (C=O) groups is 1. The van der Waals surface area contributed by atoms with Crippen molar-refractivity contribution < 1.29 is 18.8 Å². The van der Waals surface area contributed by atoms with E-state index in [4.69, 9.17) is 14.0 Å². The minimum Gasteiger partial charge on any atom is -0.497 e. The molecule has 1 aliphatic rings. The Morgan fingerprint density at radius 1 is 1.29 bits per heavy atom. The first kappa shape index (κ1) is 20.3. The van der Waals surface area contributed by atoms with Gasteiger partial charge in [0.2, 0.25) is 11.8 Å². The molecule has 8 nitrogen and oxygen atoms in total. The van der Waals surface area contributed by atoms with Gasteiger partial charge in [0.05, 0.1) is 26.4 Å². The van der Waals surface area contributed by atoms with Gasteiger partial charge in [0.25, 0.3) is 0 Å². The Morgan fingerprint density at radius 3 is 2.68 bits per heavy atom. The molecule has 1 aromatic carbocycles. The molecule has 1 atom stereocenters. The number of morpholine rings is 1. The van der Waals surface area contributed by atoms with Crippen molar-refractivity contribution in [1.82, 2.24) is 20.4 Å². The van der Waals surface area contributed by atoms with E-state index < -0.39 is 0 Å². The van der Waals surface area contributed by atoms with Crippen LogP contribution in [0.4, 0.5) is 0 Å². The molecule has 2 aromatic rings. The van der Waals surface area contributed by atoms with E-state index in [2.05, 4.69) is 32.5 Å². The molecule has 0 radical (unpaired) electrons. The number of carbonyl (C=O) groups excluding carboxylic acids is 1. The molecule has 1 aromatic heterocycles. The van der Waals surface area contributed by atoms with E-state index in [1.54, 1.807) is 14.0 Å². The van der Waals surface area contributed by atoms with Gasteiger partial charge in [-0.3, -0.25) is 9.69 Å². The minimum absolute atomic E-state index is 0.0306. The number of aryl methyl sites for hydroxylation is 2. The normalized spacial score (nSPS) is 15.9. The summed E-state index contributed by atoms with van der Waals surface area (Å²) in [6.45, 7) is 5.47. The number of benzene rings is 1. The van der Waals surface area contributed by atoms with Crippen LogP contribution in [0.2, 0.25) is 0 Å². The number of hydrogen-bond acceptors (Lipinski definition) is 7. The Kier molecular flexibility index (Phi) is 7.39. The maximum Gasteiger partial charge on any atom is 0.226 e. The SMILES string of the molecule is COc1ccc(C(CNC(=O)CCCc2nc(C)no2)N2CCOCC2)cc1. The van der Waals surface area contributed by atoms with Crippen LogP contribution in [0.1, 0.15) is 36.2 Å². The molecular formula is C20H28N4O4. The predicted octanol–water partition coefficient (Wildman–Crippen LogP) is 1.90. The minimum atomic E-state index is 0.0306. The fraction of sp³-hybridized carbons (Fsp3) is 0.550. The highest BCUT2D eigenvalue weighted by Crippen LogP contribution is 2.23. The number of hydrogen-bond donors (Lipinski definition) is 1. The Hall–Kier alpha value is -2.45. The Bertz CT molecular complexity index is 741. The van der Waals surface area contributed by atoms with Gasteiger partial charge in [-0.1, -0.05) is 17.3 Å².